The third-order valence-electron chi connectivity index (χ3n) is 4.59. The van der Waals surface area contributed by atoms with Gasteiger partial charge in [-0.3, -0.25) is 4.79 Å². The topological polar surface area (TPSA) is 67.4 Å². The average molecular weight is 371 g/mol. The number of ether oxygens (including phenoxy) is 1. The van der Waals surface area contributed by atoms with Crippen molar-refractivity contribution in [1.29, 1.82) is 0 Å². The van der Waals surface area contributed by atoms with Gasteiger partial charge in [-0.25, -0.2) is 4.79 Å². The highest BCUT2D eigenvalue weighted by molar-refractivity contribution is 5.87. The highest BCUT2D eigenvalue weighted by Gasteiger charge is 2.26. The van der Waals surface area contributed by atoms with Crippen LogP contribution in [-0.4, -0.2) is 37.6 Å². The van der Waals surface area contributed by atoms with Crippen LogP contribution in [0.4, 0.5) is 0 Å². The average Bonchev–Trinajstić information content (AvgIpc) is 2.62. The Morgan fingerprint density at radius 1 is 0.885 bits per heavy atom. The standard InChI is InChI=1S/C21H42N2O3/c1-6-8-10-11-12-13-15-22-19(16-17(3)4)20(24)23-18(14-9-7-2)21(25)26-5/h17-19,22H,6-16H2,1-5H3,(H,23,24)/t18-,19-/m0/s1. The zero-order valence-corrected chi connectivity index (χ0v) is 17.7. The number of nitrogens with one attached hydrogen (secondary N) is 2. The van der Waals surface area contributed by atoms with Crippen molar-refractivity contribution in [1.82, 2.24) is 10.6 Å². The van der Waals surface area contributed by atoms with Crippen molar-refractivity contribution in [2.75, 3.05) is 13.7 Å². The lowest BCUT2D eigenvalue weighted by molar-refractivity contribution is -0.145. The van der Waals surface area contributed by atoms with Gasteiger partial charge in [0.15, 0.2) is 0 Å². The van der Waals surface area contributed by atoms with Crippen LogP contribution in [-0.2, 0) is 14.3 Å². The van der Waals surface area contributed by atoms with Gasteiger partial charge in [-0.1, -0.05) is 72.6 Å². The van der Waals surface area contributed by atoms with Gasteiger partial charge in [-0.2, -0.15) is 0 Å². The predicted octanol–water partition coefficient (Wildman–Crippen LogP) is 4.20. The van der Waals surface area contributed by atoms with Crippen LogP contribution in [0.5, 0.6) is 0 Å². The van der Waals surface area contributed by atoms with Crippen LogP contribution in [0.25, 0.3) is 0 Å². The Morgan fingerprint density at radius 3 is 2.08 bits per heavy atom. The third kappa shape index (κ3) is 12.3. The molecule has 0 fully saturated rings. The van der Waals surface area contributed by atoms with Gasteiger partial charge < -0.3 is 15.4 Å². The Bertz CT molecular complexity index is 372. The normalized spacial score (nSPS) is 13.5. The molecule has 0 aromatic heterocycles. The fourth-order valence-corrected chi connectivity index (χ4v) is 3.01. The number of hydrogen-bond acceptors (Lipinski definition) is 4. The molecule has 0 aromatic carbocycles. The van der Waals surface area contributed by atoms with Gasteiger partial charge in [0, 0.05) is 0 Å². The molecule has 0 bridgehead atoms. The first-order valence-electron chi connectivity index (χ1n) is 10.6. The van der Waals surface area contributed by atoms with E-state index < -0.39 is 6.04 Å². The third-order valence-corrected chi connectivity index (χ3v) is 4.59. The molecule has 0 spiro atoms. The van der Waals surface area contributed by atoms with Crippen LogP contribution in [0.2, 0.25) is 0 Å². The van der Waals surface area contributed by atoms with Crippen molar-refractivity contribution in [3.05, 3.63) is 0 Å². The van der Waals surface area contributed by atoms with Gasteiger partial charge in [0.2, 0.25) is 5.91 Å². The minimum absolute atomic E-state index is 0.0869. The van der Waals surface area contributed by atoms with Gasteiger partial charge in [0.25, 0.3) is 0 Å². The van der Waals surface area contributed by atoms with E-state index in [1.165, 1.54) is 39.2 Å². The molecule has 0 saturated heterocycles. The first-order valence-corrected chi connectivity index (χ1v) is 10.6. The zero-order valence-electron chi connectivity index (χ0n) is 17.7. The summed E-state index contributed by atoms with van der Waals surface area (Å²) < 4.78 is 4.84. The molecule has 0 heterocycles. The summed E-state index contributed by atoms with van der Waals surface area (Å²) in [6, 6.07) is -0.794. The van der Waals surface area contributed by atoms with Crippen molar-refractivity contribution in [2.45, 2.75) is 104 Å². The molecule has 0 aliphatic heterocycles. The van der Waals surface area contributed by atoms with E-state index in [0.717, 1.165) is 32.2 Å². The molecule has 0 aliphatic carbocycles. The summed E-state index contributed by atoms with van der Waals surface area (Å²) in [5.74, 6) is -0.0303. The maximum Gasteiger partial charge on any atom is 0.328 e. The summed E-state index contributed by atoms with van der Waals surface area (Å²) in [4.78, 5) is 24.6. The number of unbranched alkanes of at least 4 members (excludes halogenated alkanes) is 6. The quantitative estimate of drug-likeness (QED) is 0.316. The number of hydrogen-bond donors (Lipinski definition) is 2. The Balaban J connectivity index is 4.48. The Hall–Kier alpha value is -1.10. The summed E-state index contributed by atoms with van der Waals surface area (Å²) in [6.07, 6.45) is 10.7. The van der Waals surface area contributed by atoms with Gasteiger partial charge in [-0.15, -0.1) is 0 Å². The fraction of sp³-hybridized carbons (Fsp3) is 0.905. The minimum atomic E-state index is -0.544. The lowest BCUT2D eigenvalue weighted by Gasteiger charge is -2.23. The molecule has 0 saturated carbocycles. The summed E-state index contributed by atoms with van der Waals surface area (Å²) >= 11 is 0. The number of methoxy groups -OCH3 is 1. The molecule has 5 nitrogen and oxygen atoms in total. The summed E-state index contributed by atoms with van der Waals surface area (Å²) in [7, 11) is 1.37. The second kappa shape index (κ2) is 16.1. The van der Waals surface area contributed by atoms with Gasteiger partial charge in [0.1, 0.15) is 6.04 Å². The lowest BCUT2D eigenvalue weighted by atomic mass is 10.0. The van der Waals surface area contributed by atoms with E-state index in [9.17, 15) is 9.59 Å². The number of esters is 1. The molecule has 2 N–H and O–H groups in total. The molecule has 0 unspecified atom stereocenters. The van der Waals surface area contributed by atoms with Crippen LogP contribution in [0.3, 0.4) is 0 Å². The summed E-state index contributed by atoms with van der Waals surface area (Å²) in [5.41, 5.74) is 0. The largest absolute Gasteiger partial charge is 0.467 e. The predicted molar refractivity (Wildman–Crippen MR) is 108 cm³/mol. The van der Waals surface area contributed by atoms with Crippen LogP contribution in [0.15, 0.2) is 0 Å². The molecule has 0 aliphatic rings. The Kier molecular flexibility index (Phi) is 15.4. The second-order valence-electron chi connectivity index (χ2n) is 7.63. The van der Waals surface area contributed by atoms with E-state index >= 15 is 0 Å². The number of rotatable bonds is 16. The van der Waals surface area contributed by atoms with E-state index in [2.05, 4.69) is 38.3 Å². The zero-order chi connectivity index (χ0) is 19.8. The number of carbonyl (C=O) groups excluding carboxylic acids is 2. The number of amides is 1. The maximum absolute atomic E-state index is 12.7. The fourth-order valence-electron chi connectivity index (χ4n) is 3.01. The molecular weight excluding hydrogens is 328 g/mol. The van der Waals surface area contributed by atoms with Crippen molar-refractivity contribution >= 4 is 11.9 Å². The molecule has 154 valence electrons. The van der Waals surface area contributed by atoms with Crippen molar-refractivity contribution < 1.29 is 14.3 Å². The van der Waals surface area contributed by atoms with Crippen LogP contribution in [0.1, 0.15) is 91.9 Å². The summed E-state index contributed by atoms with van der Waals surface area (Å²) in [6.45, 7) is 9.36. The first-order chi connectivity index (χ1) is 12.5. The van der Waals surface area contributed by atoms with E-state index in [1.54, 1.807) is 0 Å². The Morgan fingerprint density at radius 2 is 1.50 bits per heavy atom. The van der Waals surface area contributed by atoms with Gasteiger partial charge >= 0.3 is 5.97 Å². The molecular formula is C21H42N2O3. The highest BCUT2D eigenvalue weighted by atomic mass is 16.5. The summed E-state index contributed by atoms with van der Waals surface area (Å²) in [5, 5.41) is 6.30. The first kappa shape index (κ1) is 24.9. The van der Waals surface area contributed by atoms with Crippen molar-refractivity contribution in [3.63, 3.8) is 0 Å². The van der Waals surface area contributed by atoms with Crippen LogP contribution < -0.4 is 10.6 Å². The minimum Gasteiger partial charge on any atom is -0.467 e. The lowest BCUT2D eigenvalue weighted by Crippen LogP contribution is -2.51. The van der Waals surface area contributed by atoms with E-state index in [0.29, 0.717) is 12.3 Å². The van der Waals surface area contributed by atoms with Crippen molar-refractivity contribution in [3.8, 4) is 0 Å². The molecule has 26 heavy (non-hydrogen) atoms. The van der Waals surface area contributed by atoms with Crippen molar-refractivity contribution in [2.24, 2.45) is 5.92 Å². The molecule has 0 aromatic rings. The second-order valence-corrected chi connectivity index (χ2v) is 7.63. The highest BCUT2D eigenvalue weighted by Crippen LogP contribution is 2.09. The van der Waals surface area contributed by atoms with Crippen LogP contribution >= 0.6 is 0 Å². The van der Waals surface area contributed by atoms with E-state index in [-0.39, 0.29) is 17.9 Å². The number of carbonyl (C=O) groups is 2. The molecule has 0 rings (SSSR count). The monoisotopic (exact) mass is 370 g/mol. The van der Waals surface area contributed by atoms with Crippen LogP contribution in [0, 0.1) is 5.92 Å². The molecule has 1 amide bonds. The maximum atomic E-state index is 12.7. The molecule has 0 radical (unpaired) electrons. The SMILES string of the molecule is CCCCCCCCN[C@@H](CC(C)C)C(=O)N[C@@H](CCCC)C(=O)OC. The van der Waals surface area contributed by atoms with Gasteiger partial charge in [0.05, 0.1) is 13.2 Å². The molecule has 5 heteroatoms. The van der Waals surface area contributed by atoms with E-state index in [1.807, 2.05) is 0 Å². The van der Waals surface area contributed by atoms with E-state index in [4.69, 9.17) is 4.74 Å². The smallest absolute Gasteiger partial charge is 0.328 e. The molecule has 2 atom stereocenters. The van der Waals surface area contributed by atoms with Gasteiger partial charge in [-0.05, 0) is 31.7 Å². The Labute approximate surface area is 161 Å².